The van der Waals surface area contributed by atoms with Gasteiger partial charge in [-0.05, 0) is 91.8 Å². The molecular formula is C49H37N3. The summed E-state index contributed by atoms with van der Waals surface area (Å²) in [4.78, 5) is 15.7. The first-order valence-corrected chi connectivity index (χ1v) is 18.0. The molecule has 9 aromatic rings. The zero-order chi connectivity index (χ0) is 35.0. The summed E-state index contributed by atoms with van der Waals surface area (Å²) in [5, 5.41) is 11.0. The molecule has 8 aromatic carbocycles. The first-order valence-electron chi connectivity index (χ1n) is 18.0. The molecule has 0 aliphatic rings. The van der Waals surface area contributed by atoms with E-state index in [-0.39, 0.29) is 6.04 Å². The molecule has 1 atom stereocenters. The van der Waals surface area contributed by atoms with Crippen molar-refractivity contribution in [2.45, 2.75) is 26.3 Å². The Hall–Kier alpha value is -6.45. The van der Waals surface area contributed by atoms with Crippen LogP contribution in [-0.4, -0.2) is 16.5 Å². The minimum atomic E-state index is -0.0984. The molecule has 248 valence electrons. The number of para-hydroxylation sites is 1. The Morgan fingerprint density at radius 1 is 0.538 bits per heavy atom. The second kappa shape index (κ2) is 13.4. The summed E-state index contributed by atoms with van der Waals surface area (Å²) < 4.78 is 0. The number of hydrogen-bond acceptors (Lipinski definition) is 2. The Morgan fingerprint density at radius 2 is 1.10 bits per heavy atom. The van der Waals surface area contributed by atoms with E-state index >= 15 is 0 Å². The molecule has 0 bridgehead atoms. The highest BCUT2D eigenvalue weighted by Crippen LogP contribution is 2.36. The quantitative estimate of drug-likeness (QED) is 0.0988. The van der Waals surface area contributed by atoms with Crippen LogP contribution in [-0.2, 0) is 0 Å². The second-order valence-corrected chi connectivity index (χ2v) is 13.5. The van der Waals surface area contributed by atoms with Crippen LogP contribution in [0.25, 0.3) is 65.1 Å². The average molecular weight is 668 g/mol. The van der Waals surface area contributed by atoms with Gasteiger partial charge in [0.05, 0.1) is 11.6 Å². The van der Waals surface area contributed by atoms with Crippen LogP contribution in [0, 0.1) is 0 Å². The van der Waals surface area contributed by atoms with Gasteiger partial charge >= 0.3 is 0 Å². The van der Waals surface area contributed by atoms with E-state index in [0.717, 1.165) is 51.1 Å². The number of amidine groups is 1. The lowest BCUT2D eigenvalue weighted by atomic mass is 9.92. The van der Waals surface area contributed by atoms with Gasteiger partial charge < -0.3 is 0 Å². The molecule has 0 N–H and O–H groups in total. The zero-order valence-electron chi connectivity index (χ0n) is 29.3. The summed E-state index contributed by atoms with van der Waals surface area (Å²) in [6, 6.07) is 58.2. The van der Waals surface area contributed by atoms with Crippen LogP contribution >= 0.6 is 0 Å². The average Bonchev–Trinajstić information content (AvgIpc) is 3.21. The molecule has 1 aromatic heterocycles. The van der Waals surface area contributed by atoms with E-state index in [1.165, 1.54) is 48.7 Å². The topological polar surface area (TPSA) is 37.6 Å². The van der Waals surface area contributed by atoms with E-state index in [1.54, 1.807) is 0 Å². The lowest BCUT2D eigenvalue weighted by Crippen LogP contribution is -2.08. The van der Waals surface area contributed by atoms with Crippen molar-refractivity contribution in [2.75, 3.05) is 0 Å². The first-order chi connectivity index (χ1) is 25.6. The van der Waals surface area contributed by atoms with Crippen molar-refractivity contribution in [3.63, 3.8) is 0 Å². The van der Waals surface area contributed by atoms with Crippen molar-refractivity contribution in [1.82, 2.24) is 4.98 Å². The summed E-state index contributed by atoms with van der Waals surface area (Å²) in [6.07, 6.45) is 2.79. The zero-order valence-corrected chi connectivity index (χ0v) is 29.3. The molecule has 0 radical (unpaired) electrons. The highest BCUT2D eigenvalue weighted by molar-refractivity contribution is 6.21. The van der Waals surface area contributed by atoms with Gasteiger partial charge in [0.15, 0.2) is 5.84 Å². The summed E-state index contributed by atoms with van der Waals surface area (Å²) in [5.41, 5.74) is 7.43. The molecule has 0 spiro atoms. The Bertz CT molecular complexity index is 2850. The van der Waals surface area contributed by atoms with Crippen LogP contribution in [0.2, 0.25) is 0 Å². The first kappa shape index (κ1) is 31.5. The molecule has 0 aliphatic heterocycles. The van der Waals surface area contributed by atoms with Gasteiger partial charge in [-0.1, -0.05) is 146 Å². The van der Waals surface area contributed by atoms with Gasteiger partial charge in [0.1, 0.15) is 0 Å². The fourth-order valence-corrected chi connectivity index (χ4v) is 7.67. The normalized spacial score (nSPS) is 13.0. The second-order valence-electron chi connectivity index (χ2n) is 13.5. The van der Waals surface area contributed by atoms with Gasteiger partial charge in [-0.2, -0.15) is 0 Å². The van der Waals surface area contributed by atoms with Crippen LogP contribution < -0.4 is 0 Å². The monoisotopic (exact) mass is 667 g/mol. The molecule has 3 heteroatoms. The molecular weight excluding hydrogens is 631 g/mol. The molecule has 52 heavy (non-hydrogen) atoms. The van der Waals surface area contributed by atoms with Gasteiger partial charge in [-0.15, -0.1) is 0 Å². The summed E-state index contributed by atoms with van der Waals surface area (Å²) >= 11 is 0. The van der Waals surface area contributed by atoms with Gasteiger partial charge in [0.25, 0.3) is 0 Å². The molecule has 1 unspecified atom stereocenters. The third kappa shape index (κ3) is 5.71. The van der Waals surface area contributed by atoms with Gasteiger partial charge in [-0.25, -0.2) is 4.99 Å². The molecule has 0 amide bonds. The molecule has 1 heterocycles. The van der Waals surface area contributed by atoms with Crippen LogP contribution in [0.3, 0.4) is 0 Å². The number of aromatic nitrogens is 1. The number of aliphatic imine (C=N–C) groups is 2. The van der Waals surface area contributed by atoms with E-state index in [9.17, 15) is 0 Å². The van der Waals surface area contributed by atoms with Crippen molar-refractivity contribution in [3.8, 4) is 11.1 Å². The smallest absolute Gasteiger partial charge is 0.155 e. The number of nitrogens with zero attached hydrogens (tertiary/aromatic N) is 3. The predicted molar refractivity (Wildman–Crippen MR) is 222 cm³/mol. The van der Waals surface area contributed by atoms with Crippen LogP contribution in [0.5, 0.6) is 0 Å². The molecule has 0 saturated heterocycles. The third-order valence-corrected chi connectivity index (χ3v) is 10.3. The minimum absolute atomic E-state index is 0.0984. The van der Waals surface area contributed by atoms with Crippen molar-refractivity contribution < 1.29 is 0 Å². The Kier molecular flexibility index (Phi) is 8.09. The summed E-state index contributed by atoms with van der Waals surface area (Å²) in [6.45, 7) is 4.34. The lowest BCUT2D eigenvalue weighted by Gasteiger charge is -2.18. The number of hydrogen-bond donors (Lipinski definition) is 0. The standard InChI is InChI=1S/C49H37N3/c1-3-47(46-30-36-15-5-8-18-40(36)42-20-10-12-22-44(42)46)52-49(34-26-24-33(25-27-34)38-28-37-16-6-13-23-48(37)50-31-38)51-32(2)45-29-35-14-4-7-17-39(35)41-19-9-11-21-43(41)45/h4-31,47H,3H2,1-2H3. The molecule has 0 saturated carbocycles. The van der Waals surface area contributed by atoms with E-state index in [1.807, 2.05) is 18.3 Å². The highest BCUT2D eigenvalue weighted by Gasteiger charge is 2.17. The third-order valence-electron chi connectivity index (χ3n) is 10.3. The molecule has 0 aliphatic carbocycles. The maximum absolute atomic E-state index is 5.56. The molecule has 3 nitrogen and oxygen atoms in total. The number of pyridine rings is 1. The number of benzene rings is 8. The maximum atomic E-state index is 5.56. The Morgan fingerprint density at radius 3 is 1.79 bits per heavy atom. The van der Waals surface area contributed by atoms with Crippen LogP contribution in [0.4, 0.5) is 0 Å². The van der Waals surface area contributed by atoms with E-state index in [2.05, 4.69) is 166 Å². The molecule has 0 fully saturated rings. The Balaban J connectivity index is 1.22. The van der Waals surface area contributed by atoms with E-state index < -0.39 is 0 Å². The lowest BCUT2D eigenvalue weighted by molar-refractivity contribution is 0.707. The minimum Gasteiger partial charge on any atom is -0.258 e. The van der Waals surface area contributed by atoms with Crippen molar-refractivity contribution in [3.05, 3.63) is 187 Å². The summed E-state index contributed by atoms with van der Waals surface area (Å²) in [7, 11) is 0. The van der Waals surface area contributed by atoms with Crippen LogP contribution in [0.1, 0.15) is 43.0 Å². The van der Waals surface area contributed by atoms with Gasteiger partial charge in [0, 0.05) is 34.0 Å². The largest absolute Gasteiger partial charge is 0.258 e. The number of fused-ring (bicyclic) bond motifs is 7. The number of rotatable bonds is 6. The SMILES string of the molecule is CCC(N=C(N=C(C)c1cc2ccccc2c2ccccc12)c1ccc(-c2cnc3ccccc3c2)cc1)c1cc2ccccc2c2ccccc12. The molecule has 9 rings (SSSR count). The van der Waals surface area contributed by atoms with Crippen molar-refractivity contribution in [1.29, 1.82) is 0 Å². The highest BCUT2D eigenvalue weighted by atomic mass is 14.9. The fourth-order valence-electron chi connectivity index (χ4n) is 7.67. The Labute approximate surface area is 303 Å². The summed E-state index contributed by atoms with van der Waals surface area (Å²) in [5.74, 6) is 0.724. The van der Waals surface area contributed by atoms with E-state index in [4.69, 9.17) is 15.0 Å². The van der Waals surface area contributed by atoms with Crippen LogP contribution in [0.15, 0.2) is 180 Å². The van der Waals surface area contributed by atoms with Gasteiger partial charge in [-0.3, -0.25) is 9.98 Å². The fraction of sp³-hybridized carbons (Fsp3) is 0.0816. The van der Waals surface area contributed by atoms with E-state index in [0.29, 0.717) is 0 Å². The predicted octanol–water partition coefficient (Wildman–Crippen LogP) is 12.9. The van der Waals surface area contributed by atoms with Gasteiger partial charge in [0.2, 0.25) is 0 Å². The van der Waals surface area contributed by atoms with Crippen molar-refractivity contribution >= 4 is 65.5 Å². The van der Waals surface area contributed by atoms with Crippen molar-refractivity contribution in [2.24, 2.45) is 9.98 Å². The maximum Gasteiger partial charge on any atom is 0.155 e.